The molecule has 0 fully saturated rings. The predicted molar refractivity (Wildman–Crippen MR) is 244 cm³/mol. The predicted octanol–water partition coefficient (Wildman–Crippen LogP) is -1.07. The molecule has 0 saturated carbocycles. The molecule has 56 heavy (non-hydrogen) atoms. The summed E-state index contributed by atoms with van der Waals surface area (Å²) in [5.41, 5.74) is 6.75. The molecule has 0 unspecified atom stereocenters. The van der Waals surface area contributed by atoms with E-state index in [2.05, 4.69) is 0 Å². The van der Waals surface area contributed by atoms with E-state index >= 15 is 0 Å². The summed E-state index contributed by atoms with van der Waals surface area (Å²) in [6.45, 7) is 1.73. The highest BCUT2D eigenvalue weighted by atomic mass is 16.3. The first-order valence-corrected chi connectivity index (χ1v) is 17.4. The van der Waals surface area contributed by atoms with Crippen LogP contribution < -0.4 is 49.2 Å². The van der Waals surface area contributed by atoms with Crippen molar-refractivity contribution >= 4 is 174 Å². The molecule has 0 bridgehead atoms. The summed E-state index contributed by atoms with van der Waals surface area (Å²) in [5, 5.41) is 3.18. The second kappa shape index (κ2) is 14.4. The molecule has 2 aromatic heterocycles. The summed E-state index contributed by atoms with van der Waals surface area (Å²) in [7, 11) is 72.4. The quantitative estimate of drug-likeness (QED) is 0.210. The van der Waals surface area contributed by atoms with E-state index in [1.165, 1.54) is 0 Å². The Morgan fingerprint density at radius 1 is 0.625 bits per heavy atom. The van der Waals surface area contributed by atoms with Crippen LogP contribution in [-0.4, -0.2) is 101 Å². The Hall–Kier alpha value is -5.16. The fourth-order valence-electron chi connectivity index (χ4n) is 7.27. The van der Waals surface area contributed by atoms with E-state index in [-0.39, 0.29) is 62.1 Å². The molecular weight excluding hydrogens is 669 g/mol. The van der Waals surface area contributed by atoms with Crippen molar-refractivity contribution in [3.8, 4) is 45.3 Å². The monoisotopic (exact) mass is 689 g/mol. The molecule has 0 aliphatic rings. The van der Waals surface area contributed by atoms with Crippen molar-refractivity contribution in [2.45, 2.75) is 13.2 Å². The van der Waals surface area contributed by atoms with Crippen molar-refractivity contribution in [3.63, 3.8) is 0 Å². The highest BCUT2D eigenvalue weighted by molar-refractivity contribution is 6.62. The van der Waals surface area contributed by atoms with Gasteiger partial charge in [0.05, 0.1) is 7.85 Å². The van der Waals surface area contributed by atoms with E-state index in [1.807, 2.05) is 42.5 Å². The molecule has 236 valence electrons. The van der Waals surface area contributed by atoms with Crippen LogP contribution in [0.25, 0.3) is 84.1 Å². The Bertz CT molecular complexity index is 2960. The molecule has 15 heteroatoms. The van der Waals surface area contributed by atoms with Gasteiger partial charge >= 0.3 is 0 Å². The largest absolute Gasteiger partial charge is 0.457 e. The topological polar surface area (TPSA) is 51.8 Å². The number of furan rings is 1. The van der Waals surface area contributed by atoms with Crippen LogP contribution in [0.4, 0.5) is 0 Å². The fourth-order valence-corrected chi connectivity index (χ4v) is 7.27. The van der Waals surface area contributed by atoms with Crippen molar-refractivity contribution in [2.75, 3.05) is 0 Å². The van der Waals surface area contributed by atoms with E-state index in [0.29, 0.717) is 71.6 Å². The third kappa shape index (κ3) is 6.24. The molecular formula is C41H18B11N3O. The van der Waals surface area contributed by atoms with Crippen molar-refractivity contribution in [2.24, 2.45) is 0 Å². The van der Waals surface area contributed by atoms with Crippen LogP contribution in [0.15, 0.2) is 82.7 Å². The Balaban J connectivity index is 1.45. The molecule has 8 rings (SSSR count). The molecule has 8 aromatic rings. The van der Waals surface area contributed by atoms with Gasteiger partial charge in [0.1, 0.15) is 89.6 Å². The molecule has 4 nitrogen and oxygen atoms in total. The molecule has 0 amide bonds. The molecule has 0 aliphatic heterocycles. The van der Waals surface area contributed by atoms with E-state index < -0.39 is 0 Å². The number of benzene rings is 6. The molecule has 0 N–H and O–H groups in total. The zero-order valence-corrected chi connectivity index (χ0v) is 30.3. The van der Waals surface area contributed by atoms with Gasteiger partial charge in [-0.1, -0.05) is 123 Å². The van der Waals surface area contributed by atoms with Crippen molar-refractivity contribution in [1.82, 2.24) is 15.0 Å². The number of fused-ring (bicyclic) bond motifs is 4. The Labute approximate surface area is 340 Å². The summed E-state index contributed by atoms with van der Waals surface area (Å²) in [5.74, 6) is 0.239. The molecule has 6 aromatic carbocycles. The number of rotatable bonds is 6. The summed E-state index contributed by atoms with van der Waals surface area (Å²) >= 11 is 0. The number of allylic oxidation sites excluding steroid dienone is 1. The fraction of sp³-hybridized carbons (Fsp3) is 0.0488. The number of hydrogen-bond acceptors (Lipinski definition) is 4. The highest BCUT2D eigenvalue weighted by Crippen LogP contribution is 2.34. The van der Waals surface area contributed by atoms with E-state index in [0.717, 1.165) is 16.3 Å². The number of hydrogen-bond donors (Lipinski definition) is 0. The summed E-state index contributed by atoms with van der Waals surface area (Å²) in [4.78, 5) is 14.8. The zero-order valence-electron chi connectivity index (χ0n) is 30.3. The van der Waals surface area contributed by atoms with E-state index in [4.69, 9.17) is 106 Å². The summed E-state index contributed by atoms with van der Waals surface area (Å²) in [6, 6.07) is 22.3. The van der Waals surface area contributed by atoms with Crippen LogP contribution in [0, 0.1) is 0 Å². The van der Waals surface area contributed by atoms with Crippen molar-refractivity contribution < 1.29 is 4.42 Å². The normalized spacial score (nSPS) is 11.9. The minimum Gasteiger partial charge on any atom is -0.457 e. The van der Waals surface area contributed by atoms with Crippen LogP contribution in [0.5, 0.6) is 0 Å². The van der Waals surface area contributed by atoms with Gasteiger partial charge in [0.25, 0.3) is 0 Å². The Morgan fingerprint density at radius 3 is 1.95 bits per heavy atom. The van der Waals surface area contributed by atoms with Gasteiger partial charge in [0, 0.05) is 27.5 Å². The lowest BCUT2D eigenvalue weighted by Crippen LogP contribution is -2.44. The van der Waals surface area contributed by atoms with Gasteiger partial charge in [-0.3, -0.25) is 0 Å². The Morgan fingerprint density at radius 2 is 1.27 bits per heavy atom. The molecule has 0 spiro atoms. The van der Waals surface area contributed by atoms with Gasteiger partial charge in [-0.2, -0.15) is 0 Å². The minimum absolute atomic E-state index is 0.0285. The van der Waals surface area contributed by atoms with Crippen LogP contribution in [0.3, 0.4) is 0 Å². The van der Waals surface area contributed by atoms with E-state index in [1.54, 1.807) is 43.3 Å². The third-order valence-electron chi connectivity index (χ3n) is 9.97. The average molecular weight is 688 g/mol. The van der Waals surface area contributed by atoms with Crippen LogP contribution in [-0.2, 0) is 6.32 Å². The van der Waals surface area contributed by atoms with Crippen LogP contribution in [0.2, 0.25) is 0 Å². The maximum Gasteiger partial charge on any atom is 0.164 e. The number of nitrogens with zero attached hydrogens (tertiary/aromatic N) is 3. The van der Waals surface area contributed by atoms with Gasteiger partial charge in [0.15, 0.2) is 17.5 Å². The molecule has 0 saturated heterocycles. The van der Waals surface area contributed by atoms with Crippen molar-refractivity contribution in [1.29, 1.82) is 0 Å². The second-order valence-electron chi connectivity index (χ2n) is 13.7. The van der Waals surface area contributed by atoms with E-state index in [9.17, 15) is 0 Å². The van der Waals surface area contributed by atoms with Gasteiger partial charge in [0.2, 0.25) is 0 Å². The lowest BCUT2D eigenvalue weighted by Gasteiger charge is -2.23. The molecule has 0 aliphatic carbocycles. The Kier molecular flexibility index (Phi) is 9.71. The third-order valence-corrected chi connectivity index (χ3v) is 9.97. The minimum atomic E-state index is 0.0285. The molecule has 0 atom stereocenters. The molecule has 2 heterocycles. The SMILES string of the molecule is [B]Cc1cc(-c2nc(-c3c([B])c([B])c(-c4ccc5ccccc5c4)c([B])c3[B])nc(-c3c([B])ccc4oc5c([B])cc([B])cc5c34)n2)c([B])c([B])c1/C=C(/[B])C. The highest BCUT2D eigenvalue weighted by Gasteiger charge is 2.24. The van der Waals surface area contributed by atoms with Crippen LogP contribution >= 0.6 is 0 Å². The smallest absolute Gasteiger partial charge is 0.164 e. The zero-order chi connectivity index (χ0) is 39.7. The average Bonchev–Trinajstić information content (AvgIpc) is 3.54. The van der Waals surface area contributed by atoms with Crippen LogP contribution in [0.1, 0.15) is 18.1 Å². The summed E-state index contributed by atoms with van der Waals surface area (Å²) in [6.07, 6.45) is 1.80. The first kappa shape index (κ1) is 37.8. The number of aromatic nitrogens is 3. The van der Waals surface area contributed by atoms with Gasteiger partial charge in [-0.15, -0.1) is 5.47 Å². The summed E-state index contributed by atoms with van der Waals surface area (Å²) < 4.78 is 6.20. The second-order valence-corrected chi connectivity index (χ2v) is 13.7. The van der Waals surface area contributed by atoms with Gasteiger partial charge in [-0.05, 0) is 51.2 Å². The standard InChI is InChI=1S/C41H18B11N3O/c1-16(43)10-22-20(15-42)12-24(33(48)32(22)47)39-53-40(30-25(45)8-9-27-29(30)23-13-21(44)14-26(46)38(23)56-27)55-41(54-39)31-36(51)34(49)28(35(50)37(31)52)19-7-6-17-4-2-3-5-18(17)11-19/h2-14H,15H2,1H3/b16-10+. The molecule has 22 radical (unpaired) electrons. The lowest BCUT2D eigenvalue weighted by atomic mass is 9.63. The van der Waals surface area contributed by atoms with Gasteiger partial charge in [-0.25, -0.2) is 15.0 Å². The maximum atomic E-state index is 6.88. The first-order chi connectivity index (χ1) is 26.8. The maximum absolute atomic E-state index is 6.88. The lowest BCUT2D eigenvalue weighted by molar-refractivity contribution is 0.671. The first-order valence-electron chi connectivity index (χ1n) is 17.4. The van der Waals surface area contributed by atoms with Crippen molar-refractivity contribution in [3.05, 3.63) is 89.4 Å². The van der Waals surface area contributed by atoms with Gasteiger partial charge < -0.3 is 4.42 Å².